The van der Waals surface area contributed by atoms with Gasteiger partial charge in [0, 0.05) is 24.8 Å². The van der Waals surface area contributed by atoms with E-state index < -0.39 is 0 Å². The molecule has 0 aromatic heterocycles. The van der Waals surface area contributed by atoms with Gasteiger partial charge in [0.1, 0.15) is 13.6 Å². The molecule has 0 saturated carbocycles. The molecule has 2 N–H and O–H groups in total. The SMILES string of the molecule is C=CNC.[B]C1=CCC(=N)C(C)=C1OC. The van der Waals surface area contributed by atoms with Crippen LogP contribution < -0.4 is 5.32 Å². The molecule has 1 rings (SSSR count). The van der Waals surface area contributed by atoms with Crippen molar-refractivity contribution in [2.45, 2.75) is 13.3 Å². The molecule has 0 bridgehead atoms. The molecule has 0 aliphatic heterocycles. The lowest BCUT2D eigenvalue weighted by Gasteiger charge is -2.16. The van der Waals surface area contributed by atoms with Crippen molar-refractivity contribution in [2.75, 3.05) is 14.2 Å². The second kappa shape index (κ2) is 6.93. The average Bonchev–Trinajstić information content (AvgIpc) is 2.25. The molecule has 0 unspecified atom stereocenters. The molecule has 1 aliphatic carbocycles. The summed E-state index contributed by atoms with van der Waals surface area (Å²) in [7, 11) is 9.00. The maximum Gasteiger partial charge on any atom is 0.118 e. The van der Waals surface area contributed by atoms with E-state index in [1.807, 2.05) is 14.0 Å². The third-order valence-corrected chi connectivity index (χ3v) is 1.99. The number of allylic oxidation sites excluding steroid dienone is 3. The zero-order chi connectivity index (χ0) is 11.8. The van der Waals surface area contributed by atoms with Crippen molar-refractivity contribution in [1.82, 2.24) is 5.32 Å². The monoisotopic (exact) mass is 204 g/mol. The predicted molar refractivity (Wildman–Crippen MR) is 65.1 cm³/mol. The minimum Gasteiger partial charge on any atom is -0.497 e. The van der Waals surface area contributed by atoms with Crippen LogP contribution in [0.5, 0.6) is 0 Å². The maximum atomic E-state index is 7.48. The van der Waals surface area contributed by atoms with Crippen LogP contribution in [0, 0.1) is 5.41 Å². The second-order valence-corrected chi connectivity index (χ2v) is 2.99. The van der Waals surface area contributed by atoms with Crippen LogP contribution in [0.2, 0.25) is 0 Å². The van der Waals surface area contributed by atoms with Gasteiger partial charge in [0.05, 0.1) is 7.11 Å². The zero-order valence-corrected chi connectivity index (χ0v) is 9.55. The van der Waals surface area contributed by atoms with E-state index in [-0.39, 0.29) is 0 Å². The van der Waals surface area contributed by atoms with Crippen LogP contribution in [0.4, 0.5) is 0 Å². The summed E-state index contributed by atoms with van der Waals surface area (Å²) in [6.07, 6.45) is 4.04. The number of nitrogens with one attached hydrogen (secondary N) is 2. The van der Waals surface area contributed by atoms with E-state index in [0.29, 0.717) is 23.4 Å². The Morgan fingerprint density at radius 1 is 1.67 bits per heavy atom. The summed E-state index contributed by atoms with van der Waals surface area (Å²) in [5, 5.41) is 10.2. The Hall–Kier alpha value is -1.45. The Kier molecular flexibility index (Phi) is 6.26. The van der Waals surface area contributed by atoms with E-state index in [4.69, 9.17) is 18.0 Å². The Morgan fingerprint density at radius 2 is 2.20 bits per heavy atom. The Labute approximate surface area is 92.8 Å². The molecule has 0 heterocycles. The van der Waals surface area contributed by atoms with E-state index in [9.17, 15) is 0 Å². The van der Waals surface area contributed by atoms with Gasteiger partial charge in [-0.2, -0.15) is 0 Å². The first kappa shape index (κ1) is 13.6. The van der Waals surface area contributed by atoms with Crippen molar-refractivity contribution < 1.29 is 4.74 Å². The minimum atomic E-state index is 0.580. The van der Waals surface area contributed by atoms with Gasteiger partial charge in [0.25, 0.3) is 0 Å². The summed E-state index contributed by atoms with van der Waals surface area (Å²) in [6.45, 7) is 5.22. The van der Waals surface area contributed by atoms with Gasteiger partial charge in [-0.1, -0.05) is 18.1 Å². The lowest BCUT2D eigenvalue weighted by molar-refractivity contribution is 0.301. The molecule has 0 saturated heterocycles. The normalized spacial score (nSPS) is 14.9. The third kappa shape index (κ3) is 4.06. The zero-order valence-electron chi connectivity index (χ0n) is 9.55. The number of methoxy groups -OCH3 is 1. The van der Waals surface area contributed by atoms with Gasteiger partial charge < -0.3 is 15.5 Å². The van der Waals surface area contributed by atoms with Crippen LogP contribution in [0.3, 0.4) is 0 Å². The van der Waals surface area contributed by atoms with Crippen LogP contribution in [0.15, 0.2) is 35.7 Å². The molecular weight excluding hydrogens is 187 g/mol. The number of rotatable bonds is 2. The first-order valence-electron chi connectivity index (χ1n) is 4.65. The smallest absolute Gasteiger partial charge is 0.118 e. The lowest BCUT2D eigenvalue weighted by Crippen LogP contribution is -2.09. The molecule has 0 aromatic carbocycles. The van der Waals surface area contributed by atoms with Crippen molar-refractivity contribution in [1.29, 1.82) is 5.41 Å². The number of ether oxygens (including phenoxy) is 1. The molecule has 0 amide bonds. The standard InChI is InChI=1S/C8H10BNO.C3H7N/c1-5-7(10)4-3-6(9)8(5)11-2;1-3-4-2/h3,10H,4H2,1-2H3;3-4H,1H2,2H3. The van der Waals surface area contributed by atoms with Gasteiger partial charge in [-0.3, -0.25) is 0 Å². The topological polar surface area (TPSA) is 45.1 Å². The predicted octanol–water partition coefficient (Wildman–Crippen LogP) is 1.73. The molecule has 3 nitrogen and oxygen atoms in total. The molecular formula is C11H17BN2O. The van der Waals surface area contributed by atoms with Crippen LogP contribution in [0.1, 0.15) is 13.3 Å². The highest BCUT2D eigenvalue weighted by Gasteiger charge is 2.13. The summed E-state index contributed by atoms with van der Waals surface area (Å²) < 4.78 is 5.03. The van der Waals surface area contributed by atoms with E-state index in [1.165, 1.54) is 0 Å². The molecule has 1 aliphatic rings. The molecule has 2 radical (unpaired) electrons. The highest BCUT2D eigenvalue weighted by atomic mass is 16.5. The largest absolute Gasteiger partial charge is 0.497 e. The van der Waals surface area contributed by atoms with E-state index in [1.54, 1.807) is 19.4 Å². The van der Waals surface area contributed by atoms with Gasteiger partial charge in [0.15, 0.2) is 0 Å². The molecule has 15 heavy (non-hydrogen) atoms. The summed E-state index contributed by atoms with van der Waals surface area (Å²) in [5.41, 5.74) is 2.06. The number of hydrogen-bond donors (Lipinski definition) is 2. The van der Waals surface area contributed by atoms with Gasteiger partial charge in [-0.15, -0.1) is 0 Å². The Bertz CT molecular complexity index is 306. The highest BCUT2D eigenvalue weighted by molar-refractivity contribution is 6.25. The van der Waals surface area contributed by atoms with Gasteiger partial charge >= 0.3 is 0 Å². The van der Waals surface area contributed by atoms with Gasteiger partial charge in [-0.25, -0.2) is 0 Å². The van der Waals surface area contributed by atoms with Crippen molar-refractivity contribution >= 4 is 13.6 Å². The van der Waals surface area contributed by atoms with Crippen molar-refractivity contribution in [2.24, 2.45) is 0 Å². The van der Waals surface area contributed by atoms with Gasteiger partial charge in [-0.05, 0) is 13.1 Å². The Morgan fingerprint density at radius 3 is 2.53 bits per heavy atom. The number of hydrogen-bond acceptors (Lipinski definition) is 3. The fraction of sp³-hybridized carbons (Fsp3) is 0.364. The van der Waals surface area contributed by atoms with Gasteiger partial charge in [0.2, 0.25) is 0 Å². The molecule has 0 aromatic rings. The van der Waals surface area contributed by atoms with Crippen molar-refractivity contribution in [3.05, 3.63) is 35.7 Å². The van der Waals surface area contributed by atoms with E-state index >= 15 is 0 Å². The summed E-state index contributed by atoms with van der Waals surface area (Å²) in [6, 6.07) is 0. The molecule has 0 atom stereocenters. The fourth-order valence-electron chi connectivity index (χ4n) is 1.08. The fourth-order valence-corrected chi connectivity index (χ4v) is 1.08. The molecule has 4 heteroatoms. The minimum absolute atomic E-state index is 0.580. The van der Waals surface area contributed by atoms with Crippen LogP contribution >= 0.6 is 0 Å². The average molecular weight is 204 g/mol. The molecule has 0 fully saturated rings. The van der Waals surface area contributed by atoms with Crippen molar-refractivity contribution in [3.63, 3.8) is 0 Å². The van der Waals surface area contributed by atoms with Crippen molar-refractivity contribution in [3.8, 4) is 0 Å². The second-order valence-electron chi connectivity index (χ2n) is 2.99. The molecule has 0 spiro atoms. The van der Waals surface area contributed by atoms with Crippen LogP contribution in [-0.4, -0.2) is 27.7 Å². The first-order chi connectivity index (χ1) is 7.08. The summed E-state index contributed by atoms with van der Waals surface area (Å²) >= 11 is 0. The summed E-state index contributed by atoms with van der Waals surface area (Å²) in [4.78, 5) is 0. The summed E-state index contributed by atoms with van der Waals surface area (Å²) in [5.74, 6) is 0.640. The molecule has 80 valence electrons. The lowest BCUT2D eigenvalue weighted by atomic mass is 9.85. The Balaban J connectivity index is 0.000000423. The first-order valence-corrected chi connectivity index (χ1v) is 4.65. The quantitative estimate of drug-likeness (QED) is 0.672. The van der Waals surface area contributed by atoms with Crippen LogP contribution in [0.25, 0.3) is 0 Å². The van der Waals surface area contributed by atoms with E-state index in [2.05, 4.69) is 11.9 Å². The van der Waals surface area contributed by atoms with E-state index in [0.717, 1.165) is 5.57 Å². The highest BCUT2D eigenvalue weighted by Crippen LogP contribution is 2.20. The maximum absolute atomic E-state index is 7.48. The van der Waals surface area contributed by atoms with Crippen LogP contribution in [-0.2, 0) is 4.74 Å². The third-order valence-electron chi connectivity index (χ3n) is 1.99.